The summed E-state index contributed by atoms with van der Waals surface area (Å²) in [4.78, 5) is 15.4. The van der Waals surface area contributed by atoms with Gasteiger partial charge in [-0.15, -0.1) is 0 Å². The highest BCUT2D eigenvalue weighted by molar-refractivity contribution is 5.72. The Balaban J connectivity index is 2.38. The fourth-order valence-corrected chi connectivity index (χ4v) is 2.25. The minimum atomic E-state index is -0.730. The molecule has 1 unspecified atom stereocenters. The minimum absolute atomic E-state index is 0.391. The van der Waals surface area contributed by atoms with Gasteiger partial charge in [0, 0.05) is 18.3 Å². The zero-order valence-electron chi connectivity index (χ0n) is 8.94. The highest BCUT2D eigenvalue weighted by atomic mass is 16.4. The monoisotopic (exact) mass is 208 g/mol. The minimum Gasteiger partial charge on any atom is -0.480 e. The summed E-state index contributed by atoms with van der Waals surface area (Å²) in [6, 6.07) is -0.391. The average Bonchev–Trinajstić information content (AvgIpc) is 2.62. The molecule has 0 radical (unpaired) electrons. The molecular weight excluding hydrogens is 192 g/mol. The van der Waals surface area contributed by atoms with Gasteiger partial charge < -0.3 is 9.67 Å². The lowest BCUT2D eigenvalue weighted by atomic mass is 10.0. The molecule has 1 aliphatic rings. The van der Waals surface area contributed by atoms with E-state index in [0.29, 0.717) is 0 Å². The van der Waals surface area contributed by atoms with E-state index >= 15 is 0 Å². The van der Waals surface area contributed by atoms with E-state index < -0.39 is 12.0 Å². The third kappa shape index (κ3) is 1.76. The van der Waals surface area contributed by atoms with Gasteiger partial charge >= 0.3 is 5.97 Å². The first-order valence-electron chi connectivity index (χ1n) is 5.51. The smallest absolute Gasteiger partial charge is 0.326 e. The molecule has 1 atom stereocenters. The lowest BCUT2D eigenvalue weighted by molar-refractivity contribution is -0.141. The molecule has 0 spiro atoms. The number of carboxylic acid groups (broad SMARTS) is 1. The molecule has 82 valence electrons. The summed E-state index contributed by atoms with van der Waals surface area (Å²) in [5, 5.41) is 9.15. The Bertz CT molecular complexity index is 371. The van der Waals surface area contributed by atoms with E-state index in [9.17, 15) is 4.79 Å². The Morgan fingerprint density at radius 1 is 1.73 bits per heavy atom. The summed E-state index contributed by atoms with van der Waals surface area (Å²) in [5.74, 6) is 0.200. The molecule has 15 heavy (non-hydrogen) atoms. The lowest BCUT2D eigenvalue weighted by Gasteiger charge is -2.23. The molecule has 2 heterocycles. The first-order valence-corrected chi connectivity index (χ1v) is 5.51. The Morgan fingerprint density at radius 3 is 3.20 bits per heavy atom. The van der Waals surface area contributed by atoms with Crippen LogP contribution in [0.25, 0.3) is 0 Å². The quantitative estimate of drug-likeness (QED) is 0.824. The summed E-state index contributed by atoms with van der Waals surface area (Å²) >= 11 is 0. The lowest BCUT2D eigenvalue weighted by Crippen LogP contribution is -2.26. The molecule has 1 aromatic heterocycles. The standard InChI is InChI=1S/C11H16N2O2/c1-2-4-10-12-7-8-5-3-6-9(11(14)15)13(8)10/h7,9H,2-6H2,1H3,(H,14,15). The van der Waals surface area contributed by atoms with Gasteiger partial charge in [-0.2, -0.15) is 0 Å². The maximum atomic E-state index is 11.1. The van der Waals surface area contributed by atoms with E-state index in [-0.39, 0.29) is 0 Å². The number of carbonyl (C=O) groups is 1. The van der Waals surface area contributed by atoms with E-state index in [0.717, 1.165) is 43.6 Å². The van der Waals surface area contributed by atoms with E-state index in [1.165, 1.54) is 0 Å². The largest absolute Gasteiger partial charge is 0.480 e. The van der Waals surface area contributed by atoms with Crippen molar-refractivity contribution in [2.45, 2.75) is 45.1 Å². The van der Waals surface area contributed by atoms with Gasteiger partial charge in [-0.25, -0.2) is 9.78 Å². The van der Waals surface area contributed by atoms with Crippen LogP contribution in [0, 0.1) is 0 Å². The van der Waals surface area contributed by atoms with Crippen LogP contribution in [0.3, 0.4) is 0 Å². The molecule has 1 aromatic rings. The summed E-state index contributed by atoms with van der Waals surface area (Å²) in [6.45, 7) is 2.08. The van der Waals surface area contributed by atoms with Crippen molar-refractivity contribution in [1.82, 2.24) is 9.55 Å². The molecule has 4 nitrogen and oxygen atoms in total. The Labute approximate surface area is 88.9 Å². The van der Waals surface area contributed by atoms with Crippen LogP contribution in [0.2, 0.25) is 0 Å². The second-order valence-corrected chi connectivity index (χ2v) is 4.03. The van der Waals surface area contributed by atoms with Gasteiger partial charge in [0.2, 0.25) is 0 Å². The number of carboxylic acids is 1. The average molecular weight is 208 g/mol. The van der Waals surface area contributed by atoms with Crippen LogP contribution in [-0.2, 0) is 17.6 Å². The number of hydrogen-bond donors (Lipinski definition) is 1. The molecule has 0 saturated carbocycles. The summed E-state index contributed by atoms with van der Waals surface area (Å²) in [5.41, 5.74) is 1.08. The molecule has 4 heteroatoms. The van der Waals surface area contributed by atoms with Gasteiger partial charge in [0.25, 0.3) is 0 Å². The van der Waals surface area contributed by atoms with Crippen molar-refractivity contribution in [2.24, 2.45) is 0 Å². The van der Waals surface area contributed by atoms with Gasteiger partial charge in [-0.3, -0.25) is 0 Å². The zero-order valence-corrected chi connectivity index (χ0v) is 8.94. The normalized spacial score (nSPS) is 19.9. The second kappa shape index (κ2) is 4.04. The van der Waals surface area contributed by atoms with Crippen molar-refractivity contribution in [3.8, 4) is 0 Å². The number of hydrogen-bond acceptors (Lipinski definition) is 2. The summed E-state index contributed by atoms with van der Waals surface area (Å²) < 4.78 is 1.93. The van der Waals surface area contributed by atoms with Crippen molar-refractivity contribution in [3.05, 3.63) is 17.7 Å². The predicted molar refractivity (Wildman–Crippen MR) is 55.8 cm³/mol. The SMILES string of the molecule is CCCc1ncc2n1C(C(=O)O)CCC2. The van der Waals surface area contributed by atoms with Gasteiger partial charge in [0.15, 0.2) is 0 Å². The van der Waals surface area contributed by atoms with Gasteiger partial charge in [-0.1, -0.05) is 6.92 Å². The number of fused-ring (bicyclic) bond motifs is 1. The highest BCUT2D eigenvalue weighted by Crippen LogP contribution is 2.27. The summed E-state index contributed by atoms with van der Waals surface area (Å²) in [6.07, 6.45) is 6.34. The van der Waals surface area contributed by atoms with Crippen molar-refractivity contribution in [3.63, 3.8) is 0 Å². The number of imidazole rings is 1. The number of rotatable bonds is 3. The Morgan fingerprint density at radius 2 is 2.53 bits per heavy atom. The number of aliphatic carboxylic acids is 1. The van der Waals surface area contributed by atoms with Crippen LogP contribution in [0.4, 0.5) is 0 Å². The molecule has 0 saturated heterocycles. The van der Waals surface area contributed by atoms with Crippen LogP contribution < -0.4 is 0 Å². The van der Waals surface area contributed by atoms with Crippen molar-refractivity contribution in [1.29, 1.82) is 0 Å². The van der Waals surface area contributed by atoms with Crippen LogP contribution in [0.15, 0.2) is 6.20 Å². The fraction of sp³-hybridized carbons (Fsp3) is 0.636. The third-order valence-electron chi connectivity index (χ3n) is 2.93. The number of nitrogens with zero attached hydrogens (tertiary/aromatic N) is 2. The molecule has 0 bridgehead atoms. The van der Waals surface area contributed by atoms with Crippen LogP contribution in [0.5, 0.6) is 0 Å². The van der Waals surface area contributed by atoms with Gasteiger partial charge in [0.05, 0.1) is 0 Å². The van der Waals surface area contributed by atoms with Crippen LogP contribution in [-0.4, -0.2) is 20.6 Å². The molecule has 1 aliphatic heterocycles. The van der Waals surface area contributed by atoms with Crippen LogP contribution in [0.1, 0.15) is 43.7 Å². The first kappa shape index (κ1) is 10.2. The maximum absolute atomic E-state index is 11.1. The topological polar surface area (TPSA) is 55.1 Å². The fourth-order valence-electron chi connectivity index (χ4n) is 2.25. The second-order valence-electron chi connectivity index (χ2n) is 4.03. The molecule has 1 N–H and O–H groups in total. The van der Waals surface area contributed by atoms with Crippen molar-refractivity contribution < 1.29 is 9.90 Å². The Hall–Kier alpha value is -1.32. The van der Waals surface area contributed by atoms with Gasteiger partial charge in [-0.05, 0) is 25.7 Å². The maximum Gasteiger partial charge on any atom is 0.326 e. The molecule has 2 rings (SSSR count). The van der Waals surface area contributed by atoms with E-state index in [2.05, 4.69) is 11.9 Å². The molecule has 0 amide bonds. The third-order valence-corrected chi connectivity index (χ3v) is 2.93. The molecular formula is C11H16N2O2. The first-order chi connectivity index (χ1) is 7.24. The van der Waals surface area contributed by atoms with E-state index in [1.807, 2.05) is 10.8 Å². The van der Waals surface area contributed by atoms with E-state index in [4.69, 9.17) is 5.11 Å². The zero-order chi connectivity index (χ0) is 10.8. The highest BCUT2D eigenvalue weighted by Gasteiger charge is 2.27. The summed E-state index contributed by atoms with van der Waals surface area (Å²) in [7, 11) is 0. The molecule has 0 fully saturated rings. The van der Waals surface area contributed by atoms with Gasteiger partial charge in [0.1, 0.15) is 11.9 Å². The van der Waals surface area contributed by atoms with Crippen molar-refractivity contribution >= 4 is 5.97 Å². The predicted octanol–water partition coefficient (Wildman–Crippen LogP) is 1.80. The molecule has 0 aromatic carbocycles. The molecule has 0 aliphatic carbocycles. The van der Waals surface area contributed by atoms with Crippen molar-refractivity contribution in [2.75, 3.05) is 0 Å². The Kier molecular flexibility index (Phi) is 2.75. The number of aromatic nitrogens is 2. The van der Waals surface area contributed by atoms with E-state index in [1.54, 1.807) is 0 Å². The van der Waals surface area contributed by atoms with Crippen LogP contribution >= 0.6 is 0 Å². The number of aryl methyl sites for hydroxylation is 2.